The Hall–Kier alpha value is -1.49. The highest BCUT2D eigenvalue weighted by Crippen LogP contribution is 2.26. The minimum atomic E-state index is 0.362. The normalized spacial score (nSPS) is 9.94. The van der Waals surface area contributed by atoms with Gasteiger partial charge in [0, 0.05) is 10.0 Å². The Morgan fingerprint density at radius 2 is 1.59 bits per heavy atom. The van der Waals surface area contributed by atoms with Crippen molar-refractivity contribution < 1.29 is 0 Å². The summed E-state index contributed by atoms with van der Waals surface area (Å²) < 4.78 is 0. The van der Waals surface area contributed by atoms with Gasteiger partial charge in [-0.1, -0.05) is 41.4 Å². The van der Waals surface area contributed by atoms with E-state index < -0.39 is 0 Å². The first-order valence-electron chi connectivity index (χ1n) is 5.11. The van der Waals surface area contributed by atoms with Crippen molar-refractivity contribution in [3.63, 3.8) is 0 Å². The highest BCUT2D eigenvalue weighted by atomic mass is 35.5. The maximum absolute atomic E-state index is 8.70. The van der Waals surface area contributed by atoms with Gasteiger partial charge in [0.15, 0.2) is 0 Å². The third-order valence-electron chi connectivity index (χ3n) is 2.42. The lowest BCUT2D eigenvalue weighted by atomic mass is 10.0. The summed E-state index contributed by atoms with van der Waals surface area (Å²) in [5.74, 6) is 0. The van der Waals surface area contributed by atoms with E-state index in [4.69, 9.17) is 28.5 Å². The molecule has 0 bridgehead atoms. The number of nitrogens with zero attached hydrogens (tertiary/aromatic N) is 1. The van der Waals surface area contributed by atoms with Gasteiger partial charge in [-0.2, -0.15) is 5.26 Å². The smallest absolute Gasteiger partial charge is 0.0669 e. The SMILES string of the molecule is N#CCc1cc(Cl)cc(-c2ccc(Cl)cc2)c1. The van der Waals surface area contributed by atoms with Crippen LogP contribution < -0.4 is 0 Å². The Morgan fingerprint density at radius 1 is 0.882 bits per heavy atom. The number of hydrogen-bond acceptors (Lipinski definition) is 1. The zero-order chi connectivity index (χ0) is 12.3. The molecule has 1 nitrogen and oxygen atoms in total. The van der Waals surface area contributed by atoms with Gasteiger partial charge in [-0.05, 0) is 41.0 Å². The molecule has 2 aromatic carbocycles. The van der Waals surface area contributed by atoms with Gasteiger partial charge in [-0.25, -0.2) is 0 Å². The van der Waals surface area contributed by atoms with Gasteiger partial charge in [0.2, 0.25) is 0 Å². The van der Waals surface area contributed by atoms with E-state index in [0.29, 0.717) is 16.5 Å². The van der Waals surface area contributed by atoms with Crippen LogP contribution in [-0.4, -0.2) is 0 Å². The first-order chi connectivity index (χ1) is 8.19. The van der Waals surface area contributed by atoms with E-state index in [9.17, 15) is 0 Å². The third kappa shape index (κ3) is 3.00. The lowest BCUT2D eigenvalue weighted by Gasteiger charge is -2.05. The third-order valence-corrected chi connectivity index (χ3v) is 2.89. The van der Waals surface area contributed by atoms with Crippen molar-refractivity contribution in [2.24, 2.45) is 0 Å². The summed E-state index contributed by atoms with van der Waals surface area (Å²) in [6.45, 7) is 0. The Kier molecular flexibility index (Phi) is 3.68. The molecule has 0 heterocycles. The summed E-state index contributed by atoms with van der Waals surface area (Å²) >= 11 is 11.9. The first-order valence-corrected chi connectivity index (χ1v) is 5.87. The second kappa shape index (κ2) is 5.23. The molecule has 0 N–H and O–H groups in total. The number of halogens is 2. The van der Waals surface area contributed by atoms with E-state index in [-0.39, 0.29) is 0 Å². The lowest BCUT2D eigenvalue weighted by Crippen LogP contribution is -1.85. The second-order valence-corrected chi connectivity index (χ2v) is 4.56. The molecular formula is C14H9Cl2N. The summed E-state index contributed by atoms with van der Waals surface area (Å²) in [7, 11) is 0. The monoisotopic (exact) mass is 261 g/mol. The van der Waals surface area contributed by atoms with Gasteiger partial charge in [0.05, 0.1) is 12.5 Å². The predicted octanol–water partition coefficient (Wildman–Crippen LogP) is 4.73. The second-order valence-electron chi connectivity index (χ2n) is 3.69. The van der Waals surface area contributed by atoms with Gasteiger partial charge in [0.1, 0.15) is 0 Å². The summed E-state index contributed by atoms with van der Waals surface area (Å²) in [5, 5.41) is 10.0. The Bertz CT molecular complexity index is 568. The Morgan fingerprint density at radius 3 is 2.24 bits per heavy atom. The summed E-state index contributed by atoms with van der Waals surface area (Å²) in [4.78, 5) is 0. The van der Waals surface area contributed by atoms with Crippen LogP contribution in [0.2, 0.25) is 10.0 Å². The van der Waals surface area contributed by atoms with Crippen molar-refractivity contribution in [2.75, 3.05) is 0 Å². The molecule has 0 unspecified atom stereocenters. The molecule has 2 rings (SSSR count). The van der Waals surface area contributed by atoms with Crippen LogP contribution in [0.4, 0.5) is 0 Å². The van der Waals surface area contributed by atoms with Crippen LogP contribution in [0.25, 0.3) is 11.1 Å². The average molecular weight is 262 g/mol. The molecule has 84 valence electrons. The van der Waals surface area contributed by atoms with Crippen LogP contribution in [0.1, 0.15) is 5.56 Å². The Labute approximate surface area is 110 Å². The molecule has 0 atom stereocenters. The minimum absolute atomic E-state index is 0.362. The maximum Gasteiger partial charge on any atom is 0.0669 e. The van der Waals surface area contributed by atoms with Crippen LogP contribution in [0.15, 0.2) is 42.5 Å². The van der Waals surface area contributed by atoms with Crippen molar-refractivity contribution in [2.45, 2.75) is 6.42 Å². The zero-order valence-corrected chi connectivity index (χ0v) is 10.5. The molecule has 0 amide bonds. The van der Waals surface area contributed by atoms with Gasteiger partial charge >= 0.3 is 0 Å². The Balaban J connectivity index is 2.45. The first kappa shape index (κ1) is 12.0. The van der Waals surface area contributed by atoms with E-state index in [1.807, 2.05) is 42.5 Å². The molecule has 0 saturated carbocycles. The molecule has 0 aliphatic heterocycles. The summed E-state index contributed by atoms with van der Waals surface area (Å²) in [6, 6.07) is 15.3. The zero-order valence-electron chi connectivity index (χ0n) is 8.95. The van der Waals surface area contributed by atoms with E-state index in [1.54, 1.807) is 0 Å². The van der Waals surface area contributed by atoms with Gasteiger partial charge < -0.3 is 0 Å². The molecule has 2 aromatic rings. The molecule has 0 fully saturated rings. The number of nitriles is 1. The fourth-order valence-electron chi connectivity index (χ4n) is 1.65. The largest absolute Gasteiger partial charge is 0.198 e. The molecular weight excluding hydrogens is 253 g/mol. The molecule has 0 aromatic heterocycles. The molecule has 3 heteroatoms. The minimum Gasteiger partial charge on any atom is -0.198 e. The molecule has 0 aliphatic rings. The van der Waals surface area contributed by atoms with Crippen LogP contribution >= 0.6 is 23.2 Å². The van der Waals surface area contributed by atoms with E-state index >= 15 is 0 Å². The number of benzene rings is 2. The van der Waals surface area contributed by atoms with Crippen LogP contribution in [0, 0.1) is 11.3 Å². The van der Waals surface area contributed by atoms with Gasteiger partial charge in [-0.3, -0.25) is 0 Å². The van der Waals surface area contributed by atoms with Crippen molar-refractivity contribution in [3.8, 4) is 17.2 Å². The maximum atomic E-state index is 8.70. The van der Waals surface area contributed by atoms with E-state index in [0.717, 1.165) is 16.7 Å². The van der Waals surface area contributed by atoms with Crippen LogP contribution in [-0.2, 0) is 6.42 Å². The van der Waals surface area contributed by atoms with Crippen molar-refractivity contribution in [1.82, 2.24) is 0 Å². The van der Waals surface area contributed by atoms with Gasteiger partial charge in [-0.15, -0.1) is 0 Å². The van der Waals surface area contributed by atoms with Crippen LogP contribution in [0.5, 0.6) is 0 Å². The quantitative estimate of drug-likeness (QED) is 0.767. The topological polar surface area (TPSA) is 23.8 Å². The summed E-state index contributed by atoms with van der Waals surface area (Å²) in [6.07, 6.45) is 0.362. The fraction of sp³-hybridized carbons (Fsp3) is 0.0714. The molecule has 0 radical (unpaired) electrons. The number of hydrogen-bond donors (Lipinski definition) is 0. The molecule has 0 spiro atoms. The molecule has 17 heavy (non-hydrogen) atoms. The van der Waals surface area contributed by atoms with E-state index in [1.165, 1.54) is 0 Å². The van der Waals surface area contributed by atoms with E-state index in [2.05, 4.69) is 6.07 Å². The van der Waals surface area contributed by atoms with Crippen molar-refractivity contribution in [3.05, 3.63) is 58.1 Å². The molecule has 0 aliphatic carbocycles. The van der Waals surface area contributed by atoms with Crippen molar-refractivity contribution in [1.29, 1.82) is 5.26 Å². The average Bonchev–Trinajstić information content (AvgIpc) is 2.29. The highest BCUT2D eigenvalue weighted by Gasteiger charge is 2.02. The highest BCUT2D eigenvalue weighted by molar-refractivity contribution is 6.31. The standard InChI is InChI=1S/C14H9Cl2N/c15-13-3-1-11(2-4-13)12-7-10(5-6-17)8-14(16)9-12/h1-4,7-9H,5H2. The van der Waals surface area contributed by atoms with Gasteiger partial charge in [0.25, 0.3) is 0 Å². The molecule has 0 saturated heterocycles. The lowest BCUT2D eigenvalue weighted by molar-refractivity contribution is 1.26. The summed E-state index contributed by atoms with van der Waals surface area (Å²) in [5.41, 5.74) is 2.96. The predicted molar refractivity (Wildman–Crippen MR) is 71.2 cm³/mol. The van der Waals surface area contributed by atoms with Crippen LogP contribution in [0.3, 0.4) is 0 Å². The number of rotatable bonds is 2. The van der Waals surface area contributed by atoms with Crippen molar-refractivity contribution >= 4 is 23.2 Å². The fourth-order valence-corrected chi connectivity index (χ4v) is 2.04.